The molecule has 0 bridgehead atoms. The molecule has 1 aliphatic rings. The highest BCUT2D eigenvalue weighted by atomic mass is 16.5. The summed E-state index contributed by atoms with van der Waals surface area (Å²) >= 11 is 0. The summed E-state index contributed by atoms with van der Waals surface area (Å²) in [6.45, 7) is 7.97. The number of ketones is 1. The van der Waals surface area contributed by atoms with E-state index in [1.54, 1.807) is 0 Å². The Kier molecular flexibility index (Phi) is 5.47. The first-order chi connectivity index (χ1) is 7.64. The molecule has 0 N–H and O–H groups in total. The van der Waals surface area contributed by atoms with Gasteiger partial charge in [0.25, 0.3) is 0 Å². The largest absolute Gasteiger partial charge is 0.381 e. The Balaban J connectivity index is 2.58. The first kappa shape index (κ1) is 13.7. The monoisotopic (exact) mass is 226 g/mol. The van der Waals surface area contributed by atoms with Gasteiger partial charge in [-0.3, -0.25) is 4.79 Å². The molecule has 1 atom stereocenters. The Morgan fingerprint density at radius 3 is 2.44 bits per heavy atom. The minimum atomic E-state index is -0.104. The van der Waals surface area contributed by atoms with E-state index in [0.29, 0.717) is 5.78 Å². The van der Waals surface area contributed by atoms with Crippen LogP contribution in [0.2, 0.25) is 0 Å². The van der Waals surface area contributed by atoms with E-state index in [1.807, 2.05) is 0 Å². The number of carbonyl (C=O) groups excluding carboxylic acids is 1. The SMILES string of the molecule is CCCCC(CC)C(=O)C1(C)CCOCC1. The lowest BCUT2D eigenvalue weighted by molar-refractivity contribution is -0.137. The molecule has 2 nitrogen and oxygen atoms in total. The Bertz CT molecular complexity index is 217. The molecule has 0 aromatic rings. The van der Waals surface area contributed by atoms with Gasteiger partial charge in [0, 0.05) is 24.5 Å². The van der Waals surface area contributed by atoms with Gasteiger partial charge in [0.05, 0.1) is 0 Å². The van der Waals surface area contributed by atoms with Crippen LogP contribution in [0.15, 0.2) is 0 Å². The Labute approximate surface area is 99.8 Å². The van der Waals surface area contributed by atoms with E-state index in [2.05, 4.69) is 20.8 Å². The molecule has 1 saturated heterocycles. The highest BCUT2D eigenvalue weighted by Gasteiger charge is 2.37. The molecule has 1 heterocycles. The van der Waals surface area contributed by atoms with Crippen molar-refractivity contribution < 1.29 is 9.53 Å². The van der Waals surface area contributed by atoms with Crippen molar-refractivity contribution in [3.05, 3.63) is 0 Å². The zero-order chi connectivity index (χ0) is 12.0. The topological polar surface area (TPSA) is 26.3 Å². The Hall–Kier alpha value is -0.370. The lowest BCUT2D eigenvalue weighted by atomic mass is 9.72. The van der Waals surface area contributed by atoms with Crippen molar-refractivity contribution in [3.8, 4) is 0 Å². The van der Waals surface area contributed by atoms with Crippen LogP contribution in [0.25, 0.3) is 0 Å². The minimum Gasteiger partial charge on any atom is -0.381 e. The molecule has 0 spiro atoms. The minimum absolute atomic E-state index is 0.104. The van der Waals surface area contributed by atoms with E-state index < -0.39 is 0 Å². The van der Waals surface area contributed by atoms with Crippen LogP contribution in [0.5, 0.6) is 0 Å². The van der Waals surface area contributed by atoms with Crippen LogP contribution in [0.4, 0.5) is 0 Å². The molecule has 94 valence electrons. The predicted molar refractivity (Wildman–Crippen MR) is 66.5 cm³/mol. The molecule has 1 rings (SSSR count). The Morgan fingerprint density at radius 2 is 1.94 bits per heavy atom. The van der Waals surface area contributed by atoms with Gasteiger partial charge in [-0.1, -0.05) is 33.6 Å². The second-order valence-electron chi connectivity index (χ2n) is 5.28. The lowest BCUT2D eigenvalue weighted by Crippen LogP contribution is -2.38. The van der Waals surface area contributed by atoms with E-state index >= 15 is 0 Å². The molecule has 16 heavy (non-hydrogen) atoms. The summed E-state index contributed by atoms with van der Waals surface area (Å²) in [4.78, 5) is 12.5. The lowest BCUT2D eigenvalue weighted by Gasteiger charge is -2.34. The molecule has 0 radical (unpaired) electrons. The van der Waals surface area contributed by atoms with Crippen LogP contribution in [0.3, 0.4) is 0 Å². The van der Waals surface area contributed by atoms with E-state index in [1.165, 1.54) is 12.8 Å². The van der Waals surface area contributed by atoms with Crippen molar-refractivity contribution in [2.45, 2.75) is 59.3 Å². The average Bonchev–Trinajstić information content (AvgIpc) is 2.31. The summed E-state index contributed by atoms with van der Waals surface area (Å²) in [5.74, 6) is 0.773. The summed E-state index contributed by atoms with van der Waals surface area (Å²) in [5.41, 5.74) is -0.104. The molecule has 2 heteroatoms. The fraction of sp³-hybridized carbons (Fsp3) is 0.929. The maximum atomic E-state index is 12.5. The number of unbranched alkanes of at least 4 members (excludes halogenated alkanes) is 1. The van der Waals surface area contributed by atoms with Crippen LogP contribution < -0.4 is 0 Å². The molecular formula is C14H26O2. The fourth-order valence-corrected chi connectivity index (χ4v) is 2.53. The smallest absolute Gasteiger partial charge is 0.141 e. The average molecular weight is 226 g/mol. The number of Topliss-reactive ketones (excluding diaryl/α,β-unsaturated/α-hetero) is 1. The van der Waals surface area contributed by atoms with Crippen molar-refractivity contribution in [2.24, 2.45) is 11.3 Å². The third-order valence-electron chi connectivity index (χ3n) is 3.96. The molecule has 0 aromatic heterocycles. The van der Waals surface area contributed by atoms with Crippen molar-refractivity contribution >= 4 is 5.78 Å². The van der Waals surface area contributed by atoms with Gasteiger partial charge in [-0.05, 0) is 25.7 Å². The molecule has 0 aliphatic carbocycles. The summed E-state index contributed by atoms with van der Waals surface area (Å²) < 4.78 is 5.36. The second kappa shape index (κ2) is 6.39. The van der Waals surface area contributed by atoms with Crippen LogP contribution in [0, 0.1) is 11.3 Å². The number of hydrogen-bond acceptors (Lipinski definition) is 2. The quantitative estimate of drug-likeness (QED) is 0.692. The molecule has 1 aliphatic heterocycles. The van der Waals surface area contributed by atoms with Gasteiger partial charge in [-0.25, -0.2) is 0 Å². The first-order valence-electron chi connectivity index (χ1n) is 6.76. The van der Waals surface area contributed by atoms with Crippen LogP contribution in [0.1, 0.15) is 59.3 Å². The van der Waals surface area contributed by atoms with Crippen molar-refractivity contribution in [2.75, 3.05) is 13.2 Å². The second-order valence-corrected chi connectivity index (χ2v) is 5.28. The normalized spacial score (nSPS) is 21.7. The van der Waals surface area contributed by atoms with Gasteiger partial charge in [0.15, 0.2) is 0 Å². The van der Waals surface area contributed by atoms with Gasteiger partial charge in [0.1, 0.15) is 5.78 Å². The highest BCUT2D eigenvalue weighted by Crippen LogP contribution is 2.35. The molecule has 0 saturated carbocycles. The van der Waals surface area contributed by atoms with Crippen LogP contribution >= 0.6 is 0 Å². The Morgan fingerprint density at radius 1 is 1.31 bits per heavy atom. The molecule has 0 amide bonds. The van der Waals surface area contributed by atoms with Crippen molar-refractivity contribution in [1.82, 2.24) is 0 Å². The zero-order valence-electron chi connectivity index (χ0n) is 11.1. The summed E-state index contributed by atoms with van der Waals surface area (Å²) in [6.07, 6.45) is 6.25. The summed E-state index contributed by atoms with van der Waals surface area (Å²) in [5, 5.41) is 0. The standard InChI is InChI=1S/C14H26O2/c1-4-6-7-12(5-2)13(15)14(3)8-10-16-11-9-14/h12H,4-11H2,1-3H3. The van der Waals surface area contributed by atoms with E-state index in [-0.39, 0.29) is 11.3 Å². The van der Waals surface area contributed by atoms with Gasteiger partial charge < -0.3 is 4.74 Å². The van der Waals surface area contributed by atoms with Crippen LogP contribution in [-0.4, -0.2) is 19.0 Å². The van der Waals surface area contributed by atoms with E-state index in [0.717, 1.165) is 38.9 Å². The number of hydrogen-bond donors (Lipinski definition) is 0. The van der Waals surface area contributed by atoms with Crippen LogP contribution in [-0.2, 0) is 9.53 Å². The predicted octanol–water partition coefficient (Wildman–Crippen LogP) is 3.59. The number of rotatable bonds is 6. The molecule has 1 unspecified atom stereocenters. The zero-order valence-corrected chi connectivity index (χ0v) is 11.1. The van der Waals surface area contributed by atoms with Gasteiger partial charge >= 0.3 is 0 Å². The summed E-state index contributed by atoms with van der Waals surface area (Å²) in [6, 6.07) is 0. The third-order valence-corrected chi connectivity index (χ3v) is 3.96. The van der Waals surface area contributed by atoms with Crippen molar-refractivity contribution in [3.63, 3.8) is 0 Å². The number of ether oxygens (including phenoxy) is 1. The molecule has 0 aromatic carbocycles. The van der Waals surface area contributed by atoms with Gasteiger partial charge in [-0.2, -0.15) is 0 Å². The fourth-order valence-electron chi connectivity index (χ4n) is 2.53. The van der Waals surface area contributed by atoms with Gasteiger partial charge in [-0.15, -0.1) is 0 Å². The highest BCUT2D eigenvalue weighted by molar-refractivity contribution is 5.86. The third kappa shape index (κ3) is 3.31. The first-order valence-corrected chi connectivity index (χ1v) is 6.76. The maximum absolute atomic E-state index is 12.5. The van der Waals surface area contributed by atoms with E-state index in [4.69, 9.17) is 4.74 Å². The van der Waals surface area contributed by atoms with Crippen molar-refractivity contribution in [1.29, 1.82) is 0 Å². The summed E-state index contributed by atoms with van der Waals surface area (Å²) in [7, 11) is 0. The maximum Gasteiger partial charge on any atom is 0.141 e. The number of carbonyl (C=O) groups is 1. The molecule has 1 fully saturated rings. The van der Waals surface area contributed by atoms with Gasteiger partial charge in [0.2, 0.25) is 0 Å². The molecular weight excluding hydrogens is 200 g/mol. The van der Waals surface area contributed by atoms with E-state index in [9.17, 15) is 4.79 Å².